The van der Waals surface area contributed by atoms with Crippen LogP contribution in [0.3, 0.4) is 0 Å². The Hall–Kier alpha value is -0.300. The van der Waals surface area contributed by atoms with E-state index in [9.17, 15) is 0 Å². The number of rotatable bonds is 5. The molecule has 0 saturated carbocycles. The van der Waals surface area contributed by atoms with Gasteiger partial charge in [0.25, 0.3) is 0 Å². The summed E-state index contributed by atoms with van der Waals surface area (Å²) in [7, 11) is 0. The molecule has 1 unspecified atom stereocenters. The zero-order valence-electron chi connectivity index (χ0n) is 8.26. The molecule has 1 atom stereocenters. The SMILES string of the molecule is C=CC(CCCC)N1CCCC1. The maximum Gasteiger partial charge on any atom is 0.0275 e. The number of likely N-dealkylation sites (tertiary alicyclic amines) is 1. The van der Waals surface area contributed by atoms with Crippen LogP contribution in [0.2, 0.25) is 0 Å². The first-order valence-electron chi connectivity index (χ1n) is 5.25. The lowest BCUT2D eigenvalue weighted by molar-refractivity contribution is 0.268. The quantitative estimate of drug-likeness (QED) is 0.569. The summed E-state index contributed by atoms with van der Waals surface area (Å²) in [4.78, 5) is 2.57. The van der Waals surface area contributed by atoms with Crippen molar-refractivity contribution in [1.29, 1.82) is 0 Å². The van der Waals surface area contributed by atoms with E-state index in [1.54, 1.807) is 0 Å². The van der Waals surface area contributed by atoms with Gasteiger partial charge in [0.1, 0.15) is 0 Å². The van der Waals surface area contributed by atoms with Crippen LogP contribution in [0.15, 0.2) is 12.7 Å². The van der Waals surface area contributed by atoms with Gasteiger partial charge in [-0.25, -0.2) is 0 Å². The second-order valence-electron chi connectivity index (χ2n) is 3.69. The third-order valence-electron chi connectivity index (χ3n) is 2.74. The van der Waals surface area contributed by atoms with Gasteiger partial charge in [-0.1, -0.05) is 25.8 Å². The van der Waals surface area contributed by atoms with Crippen molar-refractivity contribution in [2.45, 2.75) is 45.1 Å². The van der Waals surface area contributed by atoms with Crippen molar-refractivity contribution in [3.8, 4) is 0 Å². The summed E-state index contributed by atoms with van der Waals surface area (Å²) in [5.41, 5.74) is 0. The van der Waals surface area contributed by atoms with Crippen LogP contribution in [0.4, 0.5) is 0 Å². The molecule has 1 nitrogen and oxygen atoms in total. The third kappa shape index (κ3) is 2.63. The molecular weight excluding hydrogens is 146 g/mol. The summed E-state index contributed by atoms with van der Waals surface area (Å²) in [5.74, 6) is 0. The Kier molecular flexibility index (Phi) is 4.37. The largest absolute Gasteiger partial charge is 0.297 e. The van der Waals surface area contributed by atoms with Crippen molar-refractivity contribution in [2.24, 2.45) is 0 Å². The lowest BCUT2D eigenvalue weighted by atomic mass is 10.1. The lowest BCUT2D eigenvalue weighted by Crippen LogP contribution is -2.30. The van der Waals surface area contributed by atoms with Crippen LogP contribution in [0.5, 0.6) is 0 Å². The molecule has 70 valence electrons. The van der Waals surface area contributed by atoms with Gasteiger partial charge in [-0.05, 0) is 32.4 Å². The van der Waals surface area contributed by atoms with E-state index in [1.165, 1.54) is 45.2 Å². The Morgan fingerprint density at radius 1 is 1.42 bits per heavy atom. The number of hydrogen-bond acceptors (Lipinski definition) is 1. The van der Waals surface area contributed by atoms with Gasteiger partial charge >= 0.3 is 0 Å². The van der Waals surface area contributed by atoms with Crippen molar-refractivity contribution in [1.82, 2.24) is 4.90 Å². The van der Waals surface area contributed by atoms with Crippen LogP contribution in [0, 0.1) is 0 Å². The molecule has 0 spiro atoms. The molecule has 1 heteroatoms. The van der Waals surface area contributed by atoms with E-state index in [1.807, 2.05) is 0 Å². The lowest BCUT2D eigenvalue weighted by Gasteiger charge is -2.24. The molecule has 1 rings (SSSR count). The van der Waals surface area contributed by atoms with Gasteiger partial charge in [-0.3, -0.25) is 4.90 Å². The summed E-state index contributed by atoms with van der Waals surface area (Å²) < 4.78 is 0. The van der Waals surface area contributed by atoms with E-state index in [-0.39, 0.29) is 0 Å². The molecule has 0 aliphatic carbocycles. The Balaban J connectivity index is 2.27. The van der Waals surface area contributed by atoms with Gasteiger partial charge in [-0.2, -0.15) is 0 Å². The van der Waals surface area contributed by atoms with Crippen molar-refractivity contribution in [3.63, 3.8) is 0 Å². The molecular formula is C11H21N. The van der Waals surface area contributed by atoms with Crippen molar-refractivity contribution in [2.75, 3.05) is 13.1 Å². The van der Waals surface area contributed by atoms with E-state index < -0.39 is 0 Å². The molecule has 1 fully saturated rings. The normalized spacial score (nSPS) is 21.1. The topological polar surface area (TPSA) is 3.24 Å². The molecule has 0 N–H and O–H groups in total. The van der Waals surface area contributed by atoms with Crippen LogP contribution in [0.25, 0.3) is 0 Å². The maximum atomic E-state index is 3.92. The molecule has 1 aliphatic rings. The molecule has 1 saturated heterocycles. The molecule has 0 radical (unpaired) electrons. The van der Waals surface area contributed by atoms with Crippen molar-refractivity contribution < 1.29 is 0 Å². The first-order chi connectivity index (χ1) is 5.88. The molecule has 1 heterocycles. The molecule has 0 aromatic heterocycles. The van der Waals surface area contributed by atoms with E-state index in [2.05, 4.69) is 24.5 Å². The Labute approximate surface area is 76.5 Å². The van der Waals surface area contributed by atoms with Gasteiger partial charge < -0.3 is 0 Å². The summed E-state index contributed by atoms with van der Waals surface area (Å²) in [6, 6.07) is 0.660. The Morgan fingerprint density at radius 3 is 2.58 bits per heavy atom. The Bertz CT molecular complexity index is 125. The van der Waals surface area contributed by atoms with Gasteiger partial charge in [0.05, 0.1) is 0 Å². The van der Waals surface area contributed by atoms with Crippen molar-refractivity contribution >= 4 is 0 Å². The fourth-order valence-electron chi connectivity index (χ4n) is 1.94. The molecule has 0 aromatic rings. The average Bonchev–Trinajstić information content (AvgIpc) is 2.59. The standard InChI is InChI=1S/C11H21N/c1-3-5-8-11(4-2)12-9-6-7-10-12/h4,11H,2-3,5-10H2,1H3. The summed E-state index contributed by atoms with van der Waals surface area (Å²) in [5, 5.41) is 0. The minimum Gasteiger partial charge on any atom is -0.297 e. The third-order valence-corrected chi connectivity index (χ3v) is 2.74. The highest BCUT2D eigenvalue weighted by Gasteiger charge is 2.18. The molecule has 1 aliphatic heterocycles. The monoisotopic (exact) mass is 167 g/mol. The zero-order valence-corrected chi connectivity index (χ0v) is 8.26. The predicted molar refractivity (Wildman–Crippen MR) is 54.3 cm³/mol. The fraction of sp³-hybridized carbons (Fsp3) is 0.818. The van der Waals surface area contributed by atoms with E-state index in [0.717, 1.165) is 0 Å². The summed E-state index contributed by atoms with van der Waals surface area (Å²) in [6.07, 6.45) is 8.85. The molecule has 0 aromatic carbocycles. The van der Waals surface area contributed by atoms with Gasteiger partial charge in [0.15, 0.2) is 0 Å². The highest BCUT2D eigenvalue weighted by atomic mass is 15.2. The van der Waals surface area contributed by atoms with E-state index in [4.69, 9.17) is 0 Å². The second-order valence-corrected chi connectivity index (χ2v) is 3.69. The number of hydrogen-bond donors (Lipinski definition) is 0. The van der Waals surface area contributed by atoms with E-state index >= 15 is 0 Å². The van der Waals surface area contributed by atoms with Crippen molar-refractivity contribution in [3.05, 3.63) is 12.7 Å². The van der Waals surface area contributed by atoms with Crippen LogP contribution in [-0.4, -0.2) is 24.0 Å². The van der Waals surface area contributed by atoms with Crippen LogP contribution in [0.1, 0.15) is 39.0 Å². The van der Waals surface area contributed by atoms with Gasteiger partial charge in [0.2, 0.25) is 0 Å². The van der Waals surface area contributed by atoms with Crippen LogP contribution >= 0.6 is 0 Å². The zero-order chi connectivity index (χ0) is 8.81. The minimum absolute atomic E-state index is 0.660. The summed E-state index contributed by atoms with van der Waals surface area (Å²) >= 11 is 0. The van der Waals surface area contributed by atoms with Gasteiger partial charge in [-0.15, -0.1) is 6.58 Å². The maximum absolute atomic E-state index is 3.92. The molecule has 12 heavy (non-hydrogen) atoms. The summed E-state index contributed by atoms with van der Waals surface area (Å²) in [6.45, 7) is 8.76. The predicted octanol–water partition coefficient (Wildman–Crippen LogP) is 2.83. The number of nitrogens with zero attached hydrogens (tertiary/aromatic N) is 1. The average molecular weight is 167 g/mol. The smallest absolute Gasteiger partial charge is 0.0275 e. The first-order valence-corrected chi connectivity index (χ1v) is 5.25. The highest BCUT2D eigenvalue weighted by molar-refractivity contribution is 4.89. The number of unbranched alkanes of at least 4 members (excludes halogenated alkanes) is 1. The van der Waals surface area contributed by atoms with Gasteiger partial charge in [0, 0.05) is 6.04 Å². The second kappa shape index (κ2) is 5.36. The van der Waals surface area contributed by atoms with E-state index in [0.29, 0.717) is 6.04 Å². The first kappa shape index (κ1) is 9.79. The van der Waals surface area contributed by atoms with Crippen LogP contribution < -0.4 is 0 Å². The van der Waals surface area contributed by atoms with Crippen LogP contribution in [-0.2, 0) is 0 Å². The molecule has 0 amide bonds. The molecule has 0 bridgehead atoms. The highest BCUT2D eigenvalue weighted by Crippen LogP contribution is 2.16. The fourth-order valence-corrected chi connectivity index (χ4v) is 1.94. The minimum atomic E-state index is 0.660. The Morgan fingerprint density at radius 2 is 2.08 bits per heavy atom.